The number of benzene rings is 1. The van der Waals surface area contributed by atoms with Gasteiger partial charge in [0, 0.05) is 29.8 Å². The smallest absolute Gasteiger partial charge is 0.292 e. The number of thiazole rings is 1. The van der Waals surface area contributed by atoms with Crippen LogP contribution >= 0.6 is 11.3 Å². The van der Waals surface area contributed by atoms with Gasteiger partial charge in [-0.3, -0.25) is 14.9 Å². The molecule has 1 aromatic carbocycles. The van der Waals surface area contributed by atoms with Crippen molar-refractivity contribution in [2.24, 2.45) is 0 Å². The highest BCUT2D eigenvalue weighted by molar-refractivity contribution is 7.11. The Morgan fingerprint density at radius 1 is 1.48 bits per heavy atom. The quantitative estimate of drug-likeness (QED) is 0.652. The van der Waals surface area contributed by atoms with Gasteiger partial charge < -0.3 is 10.6 Å². The van der Waals surface area contributed by atoms with Gasteiger partial charge in [0.2, 0.25) is 0 Å². The third kappa shape index (κ3) is 3.54. The number of anilines is 1. The Bertz CT molecular complexity index is 684. The molecule has 110 valence electrons. The lowest BCUT2D eigenvalue weighted by Crippen LogP contribution is -2.22. The van der Waals surface area contributed by atoms with Crippen molar-refractivity contribution in [3.05, 3.63) is 50.0 Å². The highest BCUT2D eigenvalue weighted by atomic mass is 32.1. The molecule has 0 spiro atoms. The second-order valence-corrected chi connectivity index (χ2v) is 5.59. The third-order valence-corrected chi connectivity index (χ3v) is 3.73. The molecule has 2 rings (SSSR count). The number of nitrogens with one attached hydrogen (secondary N) is 2. The summed E-state index contributed by atoms with van der Waals surface area (Å²) in [5.41, 5.74) is 0.611. The molecule has 0 radical (unpaired) electrons. The first-order chi connectivity index (χ1) is 10.0. The van der Waals surface area contributed by atoms with Gasteiger partial charge in [0.15, 0.2) is 0 Å². The molecule has 2 N–H and O–H groups in total. The van der Waals surface area contributed by atoms with Crippen molar-refractivity contribution < 1.29 is 9.72 Å². The molecule has 0 aliphatic carbocycles. The van der Waals surface area contributed by atoms with Gasteiger partial charge in [-0.2, -0.15) is 0 Å². The molecule has 0 aliphatic rings. The van der Waals surface area contributed by atoms with E-state index in [4.69, 9.17) is 0 Å². The van der Waals surface area contributed by atoms with Crippen LogP contribution in [-0.4, -0.2) is 22.9 Å². The molecular formula is C13H14N4O3S. The Balaban J connectivity index is 2.10. The number of nitrogens with zero attached hydrogens (tertiary/aromatic N) is 2. The summed E-state index contributed by atoms with van der Waals surface area (Å²) in [6.45, 7) is 2.28. The molecule has 7 nitrogen and oxygen atoms in total. The molecule has 0 saturated carbocycles. The van der Waals surface area contributed by atoms with E-state index in [1.807, 2.05) is 6.92 Å². The van der Waals surface area contributed by atoms with E-state index in [1.165, 1.54) is 29.5 Å². The standard InChI is InChI=1S/C13H14N4O3S/c1-8-15-6-10(21-8)7-16-13(18)9-3-4-12(17(19)20)11(5-9)14-2/h3-6,14H,7H2,1-2H3,(H,16,18). The van der Waals surface area contributed by atoms with Gasteiger partial charge in [-0.15, -0.1) is 11.3 Å². The van der Waals surface area contributed by atoms with E-state index in [-0.39, 0.29) is 11.6 Å². The maximum absolute atomic E-state index is 12.0. The van der Waals surface area contributed by atoms with Gasteiger partial charge in [-0.05, 0) is 19.1 Å². The zero-order valence-electron chi connectivity index (χ0n) is 11.5. The molecule has 1 aromatic heterocycles. The van der Waals surface area contributed by atoms with Crippen LogP contribution < -0.4 is 10.6 Å². The highest BCUT2D eigenvalue weighted by Crippen LogP contribution is 2.24. The predicted octanol–water partition coefficient (Wildman–Crippen LogP) is 2.33. The van der Waals surface area contributed by atoms with E-state index >= 15 is 0 Å². The first kappa shape index (κ1) is 14.9. The second kappa shape index (κ2) is 6.31. The van der Waals surface area contributed by atoms with Gasteiger partial charge in [-0.25, -0.2) is 4.98 Å². The second-order valence-electron chi connectivity index (χ2n) is 4.27. The van der Waals surface area contributed by atoms with E-state index in [0.29, 0.717) is 17.8 Å². The molecule has 0 aliphatic heterocycles. The summed E-state index contributed by atoms with van der Waals surface area (Å²) < 4.78 is 0. The van der Waals surface area contributed by atoms with Crippen LogP contribution in [0.5, 0.6) is 0 Å². The number of nitro groups is 1. The largest absolute Gasteiger partial charge is 0.383 e. The molecule has 8 heteroatoms. The van der Waals surface area contributed by atoms with Gasteiger partial charge in [0.1, 0.15) is 5.69 Å². The number of aromatic nitrogens is 1. The van der Waals surface area contributed by atoms with Gasteiger partial charge in [-0.1, -0.05) is 0 Å². The summed E-state index contributed by atoms with van der Waals surface area (Å²) in [7, 11) is 1.57. The minimum absolute atomic E-state index is 0.0628. The van der Waals surface area contributed by atoms with Crippen LogP contribution in [0.4, 0.5) is 11.4 Å². The van der Waals surface area contributed by atoms with Gasteiger partial charge in [0.25, 0.3) is 11.6 Å². The third-order valence-electron chi connectivity index (χ3n) is 2.82. The fourth-order valence-corrected chi connectivity index (χ4v) is 2.53. The number of aryl methyl sites for hydroxylation is 1. The number of carbonyl (C=O) groups is 1. The number of nitro benzene ring substituents is 1. The van der Waals surface area contributed by atoms with Crippen LogP contribution in [0, 0.1) is 17.0 Å². The first-order valence-corrected chi connectivity index (χ1v) is 6.98. The first-order valence-electron chi connectivity index (χ1n) is 6.17. The highest BCUT2D eigenvalue weighted by Gasteiger charge is 2.15. The van der Waals surface area contributed by atoms with Crippen molar-refractivity contribution in [2.45, 2.75) is 13.5 Å². The number of hydrogen-bond donors (Lipinski definition) is 2. The lowest BCUT2D eigenvalue weighted by Gasteiger charge is -2.06. The summed E-state index contributed by atoms with van der Waals surface area (Å²) in [6.07, 6.45) is 1.72. The molecule has 0 bridgehead atoms. The average molecular weight is 306 g/mol. The fourth-order valence-electron chi connectivity index (χ4n) is 1.79. The average Bonchev–Trinajstić information content (AvgIpc) is 2.89. The van der Waals surface area contributed by atoms with Crippen molar-refractivity contribution in [3.63, 3.8) is 0 Å². The Hall–Kier alpha value is -2.48. The van der Waals surface area contributed by atoms with E-state index in [9.17, 15) is 14.9 Å². The SMILES string of the molecule is CNc1cc(C(=O)NCc2cnc(C)s2)ccc1[N+](=O)[O-]. The molecule has 0 atom stereocenters. The van der Waals surface area contributed by atoms with Gasteiger partial charge >= 0.3 is 0 Å². The van der Waals surface area contributed by atoms with E-state index in [2.05, 4.69) is 15.6 Å². The summed E-state index contributed by atoms with van der Waals surface area (Å²) >= 11 is 1.51. The zero-order valence-corrected chi connectivity index (χ0v) is 12.4. The van der Waals surface area contributed by atoms with Crippen LogP contribution in [0.3, 0.4) is 0 Å². The number of amides is 1. The Labute approximate surface area is 125 Å². The number of rotatable bonds is 5. The van der Waals surface area contributed by atoms with Crippen molar-refractivity contribution in [1.82, 2.24) is 10.3 Å². The molecule has 1 amide bonds. The molecule has 21 heavy (non-hydrogen) atoms. The Morgan fingerprint density at radius 2 is 2.24 bits per heavy atom. The summed E-state index contributed by atoms with van der Waals surface area (Å²) in [5.74, 6) is -0.285. The Kier molecular flexibility index (Phi) is 4.49. The molecule has 0 unspecified atom stereocenters. The van der Waals surface area contributed by atoms with Crippen LogP contribution in [0.15, 0.2) is 24.4 Å². The number of carbonyl (C=O) groups excluding carboxylic acids is 1. The monoisotopic (exact) mass is 306 g/mol. The predicted molar refractivity (Wildman–Crippen MR) is 80.7 cm³/mol. The molecule has 1 heterocycles. The molecule has 2 aromatic rings. The van der Waals surface area contributed by atoms with Crippen molar-refractivity contribution >= 4 is 28.6 Å². The van der Waals surface area contributed by atoms with Gasteiger partial charge in [0.05, 0.1) is 16.5 Å². The van der Waals surface area contributed by atoms with E-state index in [0.717, 1.165) is 9.88 Å². The Morgan fingerprint density at radius 3 is 2.81 bits per heavy atom. The van der Waals surface area contributed by atoms with E-state index < -0.39 is 4.92 Å². The van der Waals surface area contributed by atoms with Crippen molar-refractivity contribution in [2.75, 3.05) is 12.4 Å². The maximum atomic E-state index is 12.0. The molecule has 0 saturated heterocycles. The van der Waals surface area contributed by atoms with Crippen LogP contribution in [0.1, 0.15) is 20.2 Å². The van der Waals surface area contributed by atoms with Crippen molar-refractivity contribution in [1.29, 1.82) is 0 Å². The minimum atomic E-state index is -0.492. The lowest BCUT2D eigenvalue weighted by molar-refractivity contribution is -0.383. The van der Waals surface area contributed by atoms with Crippen LogP contribution in [0.25, 0.3) is 0 Å². The molecule has 0 fully saturated rings. The molecular weight excluding hydrogens is 292 g/mol. The summed E-state index contributed by atoms with van der Waals surface area (Å²) in [5, 5.41) is 17.3. The summed E-state index contributed by atoms with van der Waals surface area (Å²) in [4.78, 5) is 27.5. The van der Waals surface area contributed by atoms with Crippen LogP contribution in [0.2, 0.25) is 0 Å². The lowest BCUT2D eigenvalue weighted by atomic mass is 10.1. The van der Waals surface area contributed by atoms with Crippen molar-refractivity contribution in [3.8, 4) is 0 Å². The summed E-state index contributed by atoms with van der Waals surface area (Å²) in [6, 6.07) is 4.22. The zero-order chi connectivity index (χ0) is 15.4. The number of hydrogen-bond acceptors (Lipinski definition) is 6. The maximum Gasteiger partial charge on any atom is 0.292 e. The minimum Gasteiger partial charge on any atom is -0.383 e. The fraction of sp³-hybridized carbons (Fsp3) is 0.231. The van der Waals surface area contributed by atoms with Crippen LogP contribution in [-0.2, 0) is 6.54 Å². The topological polar surface area (TPSA) is 97.2 Å². The normalized spacial score (nSPS) is 10.2. The van der Waals surface area contributed by atoms with E-state index in [1.54, 1.807) is 13.2 Å².